The highest BCUT2D eigenvalue weighted by Gasteiger charge is 2.13. The summed E-state index contributed by atoms with van der Waals surface area (Å²) in [6.45, 7) is 8.44. The van der Waals surface area contributed by atoms with Crippen molar-refractivity contribution in [2.45, 2.75) is 52.5 Å². The van der Waals surface area contributed by atoms with Gasteiger partial charge in [-0.25, -0.2) is 0 Å². The molecule has 18 heavy (non-hydrogen) atoms. The number of carbonyl (C=O) groups is 1. The molecule has 0 saturated carbocycles. The molecule has 0 heterocycles. The summed E-state index contributed by atoms with van der Waals surface area (Å²) < 4.78 is 5.40. The summed E-state index contributed by atoms with van der Waals surface area (Å²) in [6.07, 6.45) is 3.84. The SMILES string of the molecule is CCCCOCCCNC(=O)[C@@H](N)CC(C)C.Cl. The summed E-state index contributed by atoms with van der Waals surface area (Å²) in [5, 5.41) is 2.83. The van der Waals surface area contributed by atoms with Gasteiger partial charge < -0.3 is 15.8 Å². The van der Waals surface area contributed by atoms with Crippen molar-refractivity contribution in [3.63, 3.8) is 0 Å². The van der Waals surface area contributed by atoms with E-state index in [0.29, 0.717) is 19.1 Å². The second-order valence-electron chi connectivity index (χ2n) is 4.85. The number of carbonyl (C=O) groups excluding carboxylic acids is 1. The molecule has 0 spiro atoms. The van der Waals surface area contributed by atoms with Gasteiger partial charge in [-0.1, -0.05) is 27.2 Å². The number of amides is 1. The van der Waals surface area contributed by atoms with Gasteiger partial charge in [-0.15, -0.1) is 12.4 Å². The minimum absolute atomic E-state index is 0. The third-order valence-corrected chi connectivity index (χ3v) is 2.47. The van der Waals surface area contributed by atoms with Gasteiger partial charge in [-0.3, -0.25) is 4.79 Å². The number of hydrogen-bond donors (Lipinski definition) is 2. The van der Waals surface area contributed by atoms with Gasteiger partial charge in [0.2, 0.25) is 5.91 Å². The lowest BCUT2D eigenvalue weighted by Gasteiger charge is -2.14. The van der Waals surface area contributed by atoms with Crippen LogP contribution < -0.4 is 11.1 Å². The number of nitrogens with two attached hydrogens (primary N) is 1. The highest BCUT2D eigenvalue weighted by Crippen LogP contribution is 2.02. The maximum atomic E-state index is 11.5. The summed E-state index contributed by atoms with van der Waals surface area (Å²) >= 11 is 0. The number of ether oxygens (including phenoxy) is 1. The summed E-state index contributed by atoms with van der Waals surface area (Å²) in [4.78, 5) is 11.5. The summed E-state index contributed by atoms with van der Waals surface area (Å²) in [5.74, 6) is 0.403. The maximum absolute atomic E-state index is 11.5. The Morgan fingerprint density at radius 2 is 1.89 bits per heavy atom. The molecule has 5 heteroatoms. The lowest BCUT2D eigenvalue weighted by atomic mass is 10.0. The van der Waals surface area contributed by atoms with Gasteiger partial charge in [0.1, 0.15) is 0 Å². The fraction of sp³-hybridized carbons (Fsp3) is 0.923. The van der Waals surface area contributed by atoms with Crippen molar-refractivity contribution >= 4 is 18.3 Å². The predicted octanol–water partition coefficient (Wildman–Crippen LogP) is 2.10. The van der Waals surface area contributed by atoms with E-state index < -0.39 is 0 Å². The number of unbranched alkanes of at least 4 members (excludes halogenated alkanes) is 1. The minimum atomic E-state index is -0.379. The zero-order valence-electron chi connectivity index (χ0n) is 11.9. The number of hydrogen-bond acceptors (Lipinski definition) is 3. The van der Waals surface area contributed by atoms with Crippen molar-refractivity contribution in [1.82, 2.24) is 5.32 Å². The van der Waals surface area contributed by atoms with Crippen LogP contribution in [-0.2, 0) is 9.53 Å². The van der Waals surface area contributed by atoms with Gasteiger partial charge in [0, 0.05) is 19.8 Å². The van der Waals surface area contributed by atoms with Crippen LogP contribution in [0.4, 0.5) is 0 Å². The first-order chi connectivity index (χ1) is 8.07. The van der Waals surface area contributed by atoms with Crippen LogP contribution in [0.15, 0.2) is 0 Å². The predicted molar refractivity (Wildman–Crippen MR) is 78.0 cm³/mol. The van der Waals surface area contributed by atoms with E-state index in [4.69, 9.17) is 10.5 Å². The fourth-order valence-electron chi connectivity index (χ4n) is 1.48. The van der Waals surface area contributed by atoms with E-state index in [9.17, 15) is 4.79 Å². The Kier molecular flexibility index (Phi) is 14.6. The van der Waals surface area contributed by atoms with Crippen LogP contribution in [0.2, 0.25) is 0 Å². The molecular formula is C13H29ClN2O2. The van der Waals surface area contributed by atoms with Crippen molar-refractivity contribution in [2.75, 3.05) is 19.8 Å². The minimum Gasteiger partial charge on any atom is -0.381 e. The lowest BCUT2D eigenvalue weighted by molar-refractivity contribution is -0.122. The molecule has 0 saturated heterocycles. The molecule has 110 valence electrons. The van der Waals surface area contributed by atoms with E-state index >= 15 is 0 Å². The smallest absolute Gasteiger partial charge is 0.236 e. The maximum Gasteiger partial charge on any atom is 0.236 e. The van der Waals surface area contributed by atoms with Crippen LogP contribution in [0.5, 0.6) is 0 Å². The Morgan fingerprint density at radius 3 is 2.44 bits per heavy atom. The molecular weight excluding hydrogens is 252 g/mol. The lowest BCUT2D eigenvalue weighted by Crippen LogP contribution is -2.41. The van der Waals surface area contributed by atoms with Crippen LogP contribution in [0, 0.1) is 5.92 Å². The topological polar surface area (TPSA) is 64.3 Å². The van der Waals surface area contributed by atoms with Crippen LogP contribution in [0.25, 0.3) is 0 Å². The Hall–Kier alpha value is -0.320. The fourth-order valence-corrected chi connectivity index (χ4v) is 1.48. The highest BCUT2D eigenvalue weighted by atomic mass is 35.5. The molecule has 0 bridgehead atoms. The van der Waals surface area contributed by atoms with E-state index in [2.05, 4.69) is 26.1 Å². The summed E-state index contributed by atoms with van der Waals surface area (Å²) in [5.41, 5.74) is 5.76. The van der Waals surface area contributed by atoms with Gasteiger partial charge in [0.05, 0.1) is 6.04 Å². The van der Waals surface area contributed by atoms with Crippen LogP contribution >= 0.6 is 12.4 Å². The molecule has 3 N–H and O–H groups in total. The van der Waals surface area contributed by atoms with Crippen molar-refractivity contribution < 1.29 is 9.53 Å². The van der Waals surface area contributed by atoms with E-state index in [-0.39, 0.29) is 24.4 Å². The quantitative estimate of drug-likeness (QED) is 0.603. The van der Waals surface area contributed by atoms with E-state index in [1.54, 1.807) is 0 Å². The molecule has 0 rings (SSSR count). The number of rotatable bonds is 10. The summed E-state index contributed by atoms with van der Waals surface area (Å²) in [7, 11) is 0. The molecule has 1 amide bonds. The number of nitrogens with one attached hydrogen (secondary N) is 1. The zero-order chi connectivity index (χ0) is 13.1. The molecule has 0 fully saturated rings. The molecule has 0 aromatic rings. The largest absolute Gasteiger partial charge is 0.381 e. The van der Waals surface area contributed by atoms with E-state index in [0.717, 1.165) is 32.3 Å². The van der Waals surface area contributed by atoms with Crippen molar-refractivity contribution in [1.29, 1.82) is 0 Å². The molecule has 0 unspecified atom stereocenters. The molecule has 0 radical (unpaired) electrons. The third kappa shape index (κ3) is 12.1. The molecule has 0 aromatic heterocycles. The first kappa shape index (κ1) is 20.0. The van der Waals surface area contributed by atoms with Crippen LogP contribution in [0.1, 0.15) is 46.5 Å². The van der Waals surface area contributed by atoms with Crippen LogP contribution in [0.3, 0.4) is 0 Å². The molecule has 4 nitrogen and oxygen atoms in total. The standard InChI is InChI=1S/C13H28N2O2.ClH/c1-4-5-8-17-9-6-7-15-13(16)12(14)10-11(2)3;/h11-12H,4-10,14H2,1-3H3,(H,15,16);1H/t12-;/m0./s1. The van der Waals surface area contributed by atoms with Crippen molar-refractivity contribution in [3.8, 4) is 0 Å². The second-order valence-corrected chi connectivity index (χ2v) is 4.85. The average Bonchev–Trinajstić information content (AvgIpc) is 2.26. The Labute approximate surface area is 117 Å². The van der Waals surface area contributed by atoms with E-state index in [1.807, 2.05) is 0 Å². The van der Waals surface area contributed by atoms with Crippen LogP contribution in [-0.4, -0.2) is 31.7 Å². The zero-order valence-corrected chi connectivity index (χ0v) is 12.7. The Balaban J connectivity index is 0. The summed E-state index contributed by atoms with van der Waals surface area (Å²) in [6, 6.07) is -0.379. The third-order valence-electron chi connectivity index (χ3n) is 2.47. The molecule has 1 atom stereocenters. The van der Waals surface area contributed by atoms with E-state index in [1.165, 1.54) is 0 Å². The normalized spacial score (nSPS) is 12.1. The monoisotopic (exact) mass is 280 g/mol. The highest BCUT2D eigenvalue weighted by molar-refractivity contribution is 5.85. The Bertz CT molecular complexity index is 201. The Morgan fingerprint density at radius 1 is 1.28 bits per heavy atom. The van der Waals surface area contributed by atoms with Crippen molar-refractivity contribution in [2.24, 2.45) is 11.7 Å². The second kappa shape index (κ2) is 13.1. The first-order valence-corrected chi connectivity index (χ1v) is 6.69. The van der Waals surface area contributed by atoms with Gasteiger partial charge in [-0.05, 0) is 25.2 Å². The molecule has 0 aromatic carbocycles. The average molecular weight is 281 g/mol. The molecule has 0 aliphatic rings. The number of halogens is 1. The van der Waals surface area contributed by atoms with Crippen molar-refractivity contribution in [3.05, 3.63) is 0 Å². The molecule has 0 aliphatic carbocycles. The van der Waals surface area contributed by atoms with Gasteiger partial charge in [0.15, 0.2) is 0 Å². The first-order valence-electron chi connectivity index (χ1n) is 6.69. The van der Waals surface area contributed by atoms with Gasteiger partial charge in [-0.2, -0.15) is 0 Å². The van der Waals surface area contributed by atoms with Gasteiger partial charge in [0.25, 0.3) is 0 Å². The van der Waals surface area contributed by atoms with Gasteiger partial charge >= 0.3 is 0 Å². The molecule has 0 aliphatic heterocycles.